The number of halogens is 2. The Morgan fingerprint density at radius 2 is 2.20 bits per heavy atom. The summed E-state index contributed by atoms with van der Waals surface area (Å²) in [4.78, 5) is 2.51. The number of hydrogen-bond acceptors (Lipinski definition) is 2. The van der Waals surface area contributed by atoms with E-state index in [-0.39, 0.29) is 0 Å². The van der Waals surface area contributed by atoms with Gasteiger partial charge in [0, 0.05) is 29.2 Å². The van der Waals surface area contributed by atoms with E-state index in [1.807, 2.05) is 18.2 Å². The van der Waals surface area contributed by atoms with Crippen molar-refractivity contribution in [3.05, 3.63) is 33.8 Å². The molecule has 1 aromatic carbocycles. The molecule has 4 heteroatoms. The fraction of sp³-hybridized carbons (Fsp3) is 0.625. The lowest BCUT2D eigenvalue weighted by molar-refractivity contribution is 0.231. The zero-order valence-corrected chi connectivity index (χ0v) is 13.8. The van der Waals surface area contributed by atoms with Crippen molar-refractivity contribution in [2.45, 2.75) is 39.3 Å². The van der Waals surface area contributed by atoms with Crippen LogP contribution in [0, 0.1) is 5.92 Å². The first-order valence-electron chi connectivity index (χ1n) is 7.49. The Labute approximate surface area is 132 Å². The minimum Gasteiger partial charge on any atom is -0.312 e. The minimum atomic E-state index is 0.577. The molecule has 112 valence electrons. The molecule has 0 radical (unpaired) electrons. The number of hydrogen-bond donors (Lipinski definition) is 1. The van der Waals surface area contributed by atoms with Crippen molar-refractivity contribution in [1.29, 1.82) is 0 Å². The number of benzene rings is 1. The Bertz CT molecular complexity index is 436. The van der Waals surface area contributed by atoms with Gasteiger partial charge >= 0.3 is 0 Å². The Morgan fingerprint density at radius 3 is 2.90 bits per heavy atom. The Morgan fingerprint density at radius 1 is 1.40 bits per heavy atom. The van der Waals surface area contributed by atoms with E-state index in [1.54, 1.807) is 0 Å². The van der Waals surface area contributed by atoms with Crippen LogP contribution in [0.3, 0.4) is 0 Å². The zero-order chi connectivity index (χ0) is 14.5. The molecule has 1 heterocycles. The highest BCUT2D eigenvalue weighted by atomic mass is 35.5. The Balaban J connectivity index is 2.03. The van der Waals surface area contributed by atoms with Crippen LogP contribution in [0.25, 0.3) is 0 Å². The maximum absolute atomic E-state index is 6.29. The van der Waals surface area contributed by atoms with Gasteiger partial charge in [-0.2, -0.15) is 0 Å². The van der Waals surface area contributed by atoms with Gasteiger partial charge in [-0.1, -0.05) is 49.5 Å². The first kappa shape index (κ1) is 16.1. The third-order valence-corrected chi connectivity index (χ3v) is 4.84. The van der Waals surface area contributed by atoms with E-state index in [2.05, 4.69) is 24.1 Å². The second kappa shape index (κ2) is 7.65. The van der Waals surface area contributed by atoms with E-state index >= 15 is 0 Å². The van der Waals surface area contributed by atoms with Gasteiger partial charge in [0.15, 0.2) is 0 Å². The van der Waals surface area contributed by atoms with Gasteiger partial charge in [-0.15, -0.1) is 0 Å². The van der Waals surface area contributed by atoms with Crippen LogP contribution in [0.5, 0.6) is 0 Å². The van der Waals surface area contributed by atoms with E-state index in [0.717, 1.165) is 31.2 Å². The Hall–Kier alpha value is -0.280. The van der Waals surface area contributed by atoms with E-state index in [1.165, 1.54) is 18.4 Å². The quantitative estimate of drug-likeness (QED) is 0.895. The maximum atomic E-state index is 6.29. The van der Waals surface area contributed by atoms with Crippen molar-refractivity contribution in [3.63, 3.8) is 0 Å². The largest absolute Gasteiger partial charge is 0.312 e. The summed E-state index contributed by atoms with van der Waals surface area (Å²) in [5.41, 5.74) is 1.17. The van der Waals surface area contributed by atoms with Crippen molar-refractivity contribution < 1.29 is 0 Å². The first-order chi connectivity index (χ1) is 9.60. The highest BCUT2D eigenvalue weighted by Gasteiger charge is 2.22. The summed E-state index contributed by atoms with van der Waals surface area (Å²) in [7, 11) is 0. The number of nitrogens with one attached hydrogen (secondary N) is 1. The molecular formula is C16H24Cl2N2. The monoisotopic (exact) mass is 314 g/mol. The summed E-state index contributed by atoms with van der Waals surface area (Å²) in [5.74, 6) is 0.705. The summed E-state index contributed by atoms with van der Waals surface area (Å²) in [6, 6.07) is 6.38. The maximum Gasteiger partial charge on any atom is 0.0465 e. The molecule has 0 aromatic heterocycles. The minimum absolute atomic E-state index is 0.577. The van der Waals surface area contributed by atoms with Crippen LogP contribution in [-0.2, 0) is 6.54 Å². The first-order valence-corrected chi connectivity index (χ1v) is 8.25. The molecule has 0 aliphatic carbocycles. The second-order valence-corrected chi connectivity index (χ2v) is 6.61. The van der Waals surface area contributed by atoms with Crippen LogP contribution in [0.2, 0.25) is 10.0 Å². The molecule has 2 unspecified atom stereocenters. The van der Waals surface area contributed by atoms with Crippen LogP contribution < -0.4 is 5.32 Å². The molecule has 0 spiro atoms. The van der Waals surface area contributed by atoms with Crippen LogP contribution >= 0.6 is 23.2 Å². The van der Waals surface area contributed by atoms with E-state index in [0.29, 0.717) is 17.0 Å². The van der Waals surface area contributed by atoms with E-state index in [4.69, 9.17) is 23.2 Å². The normalized spacial score (nSPS) is 22.5. The molecule has 0 bridgehead atoms. The van der Waals surface area contributed by atoms with Crippen molar-refractivity contribution in [2.75, 3.05) is 19.6 Å². The zero-order valence-electron chi connectivity index (χ0n) is 12.3. The molecule has 0 saturated carbocycles. The van der Waals surface area contributed by atoms with Crippen molar-refractivity contribution in [2.24, 2.45) is 5.92 Å². The lowest BCUT2D eigenvalue weighted by Gasteiger charge is -2.28. The summed E-state index contributed by atoms with van der Waals surface area (Å²) >= 11 is 12.3. The Kier molecular flexibility index (Phi) is 6.16. The molecule has 2 atom stereocenters. The third kappa shape index (κ3) is 4.36. The van der Waals surface area contributed by atoms with Crippen LogP contribution in [-0.4, -0.2) is 30.6 Å². The fourth-order valence-electron chi connectivity index (χ4n) is 2.72. The lowest BCUT2D eigenvalue weighted by Crippen LogP contribution is -2.41. The fourth-order valence-corrected chi connectivity index (χ4v) is 3.19. The van der Waals surface area contributed by atoms with Gasteiger partial charge in [-0.3, -0.25) is 4.90 Å². The standard InChI is InChI=1S/C16H24Cl2N2/c1-3-12(2)16-11-20(8-4-7-19-16)10-13-5-6-14(17)9-15(13)18/h5-6,9,12,16,19H,3-4,7-8,10-11H2,1-2H3. The van der Waals surface area contributed by atoms with Crippen molar-refractivity contribution in [3.8, 4) is 0 Å². The number of nitrogens with zero attached hydrogens (tertiary/aromatic N) is 1. The lowest BCUT2D eigenvalue weighted by atomic mass is 9.99. The second-order valence-electron chi connectivity index (χ2n) is 5.77. The van der Waals surface area contributed by atoms with E-state index < -0.39 is 0 Å². The van der Waals surface area contributed by atoms with E-state index in [9.17, 15) is 0 Å². The SMILES string of the molecule is CCC(C)C1CN(Cc2ccc(Cl)cc2Cl)CCCN1. The topological polar surface area (TPSA) is 15.3 Å². The molecule has 1 N–H and O–H groups in total. The molecule has 2 nitrogen and oxygen atoms in total. The van der Waals surface area contributed by atoms with Crippen LogP contribution in [0.15, 0.2) is 18.2 Å². The van der Waals surface area contributed by atoms with Crippen molar-refractivity contribution >= 4 is 23.2 Å². The van der Waals surface area contributed by atoms with Gasteiger partial charge in [0.2, 0.25) is 0 Å². The summed E-state index contributed by atoms with van der Waals surface area (Å²) in [6.07, 6.45) is 2.41. The highest BCUT2D eigenvalue weighted by molar-refractivity contribution is 6.35. The van der Waals surface area contributed by atoms with Crippen molar-refractivity contribution in [1.82, 2.24) is 10.2 Å². The summed E-state index contributed by atoms with van der Waals surface area (Å²) in [6.45, 7) is 8.82. The molecule has 1 fully saturated rings. The summed E-state index contributed by atoms with van der Waals surface area (Å²) < 4.78 is 0. The smallest absolute Gasteiger partial charge is 0.0465 e. The molecule has 2 rings (SSSR count). The van der Waals surface area contributed by atoms with Gasteiger partial charge in [0.1, 0.15) is 0 Å². The highest BCUT2D eigenvalue weighted by Crippen LogP contribution is 2.23. The predicted molar refractivity (Wildman–Crippen MR) is 87.6 cm³/mol. The van der Waals surface area contributed by atoms with Gasteiger partial charge in [0.25, 0.3) is 0 Å². The molecule has 1 aliphatic rings. The predicted octanol–water partition coefficient (Wildman–Crippen LogP) is 4.20. The molecule has 1 saturated heterocycles. The van der Waals surface area contributed by atoms with Gasteiger partial charge in [-0.25, -0.2) is 0 Å². The van der Waals surface area contributed by atoms with Gasteiger partial charge in [0.05, 0.1) is 0 Å². The third-order valence-electron chi connectivity index (χ3n) is 4.25. The average molecular weight is 315 g/mol. The molecule has 20 heavy (non-hydrogen) atoms. The molecule has 1 aliphatic heterocycles. The summed E-state index contributed by atoms with van der Waals surface area (Å²) in [5, 5.41) is 5.15. The molecular weight excluding hydrogens is 291 g/mol. The van der Waals surface area contributed by atoms with Crippen LogP contribution in [0.4, 0.5) is 0 Å². The average Bonchev–Trinajstić information content (AvgIpc) is 2.66. The molecule has 1 aromatic rings. The van der Waals surface area contributed by atoms with Gasteiger partial charge < -0.3 is 5.32 Å². The van der Waals surface area contributed by atoms with Gasteiger partial charge in [-0.05, 0) is 43.1 Å². The number of rotatable bonds is 4. The van der Waals surface area contributed by atoms with Crippen LogP contribution in [0.1, 0.15) is 32.3 Å². The molecule has 0 amide bonds.